The first-order valence-corrected chi connectivity index (χ1v) is 10.4. The number of benzene rings is 2. The molecule has 0 saturated heterocycles. The van der Waals surface area contributed by atoms with Crippen LogP contribution < -0.4 is 19.7 Å². The van der Waals surface area contributed by atoms with Crippen molar-refractivity contribution in [3.8, 4) is 17.6 Å². The van der Waals surface area contributed by atoms with Crippen LogP contribution >= 0.6 is 11.8 Å². The second kappa shape index (κ2) is 8.93. The minimum absolute atomic E-state index is 0.0352. The zero-order valence-electron chi connectivity index (χ0n) is 16.6. The smallest absolute Gasteiger partial charge is 0.283 e. The lowest BCUT2D eigenvalue weighted by Crippen LogP contribution is -2.32. The molecule has 31 heavy (non-hydrogen) atoms. The van der Waals surface area contributed by atoms with Crippen LogP contribution in [-0.2, 0) is 9.59 Å². The van der Waals surface area contributed by atoms with Crippen LogP contribution in [0.25, 0.3) is 6.08 Å². The first-order valence-electron chi connectivity index (χ1n) is 9.43. The van der Waals surface area contributed by atoms with Crippen molar-refractivity contribution in [1.29, 1.82) is 5.26 Å². The second-order valence-electron chi connectivity index (χ2n) is 6.74. The molecule has 2 amide bonds. The second-order valence-corrected chi connectivity index (χ2v) is 7.68. The van der Waals surface area contributed by atoms with Gasteiger partial charge in [0, 0.05) is 0 Å². The van der Waals surface area contributed by atoms with Gasteiger partial charge in [-0.15, -0.1) is 0 Å². The number of amidine groups is 1. The third-order valence-electron chi connectivity index (χ3n) is 4.52. The van der Waals surface area contributed by atoms with Gasteiger partial charge in [0.1, 0.15) is 12.2 Å². The van der Waals surface area contributed by atoms with Crippen molar-refractivity contribution >= 4 is 40.5 Å². The Hall–Kier alpha value is -3.77. The number of amides is 2. The Balaban J connectivity index is 1.62. The number of rotatable bonds is 5. The average molecular weight is 434 g/mol. The van der Waals surface area contributed by atoms with E-state index in [2.05, 4.69) is 10.3 Å². The van der Waals surface area contributed by atoms with Crippen LogP contribution in [0.5, 0.6) is 11.5 Å². The van der Waals surface area contributed by atoms with Gasteiger partial charge in [0.2, 0.25) is 12.7 Å². The van der Waals surface area contributed by atoms with E-state index >= 15 is 0 Å². The van der Waals surface area contributed by atoms with E-state index in [1.165, 1.54) is 4.90 Å². The van der Waals surface area contributed by atoms with Crippen LogP contribution in [0.1, 0.15) is 11.1 Å². The van der Waals surface area contributed by atoms with E-state index in [-0.39, 0.29) is 36.6 Å². The molecule has 2 aliphatic heterocycles. The zero-order chi connectivity index (χ0) is 21.8. The quantitative estimate of drug-likeness (QED) is 0.573. The Morgan fingerprint density at radius 1 is 1.26 bits per heavy atom. The summed E-state index contributed by atoms with van der Waals surface area (Å²) < 4.78 is 10.7. The molecule has 1 N–H and O–H groups in total. The fourth-order valence-corrected chi connectivity index (χ4v) is 3.84. The summed E-state index contributed by atoms with van der Waals surface area (Å²) in [4.78, 5) is 31.1. The van der Waals surface area contributed by atoms with E-state index in [1.54, 1.807) is 18.2 Å². The molecule has 0 saturated carbocycles. The fourth-order valence-electron chi connectivity index (χ4n) is 2.99. The van der Waals surface area contributed by atoms with Gasteiger partial charge >= 0.3 is 0 Å². The molecule has 2 aliphatic rings. The Bertz CT molecular complexity index is 1140. The molecule has 0 fully saturated rings. The van der Waals surface area contributed by atoms with Gasteiger partial charge in [0.25, 0.3) is 5.91 Å². The predicted octanol–water partition coefficient (Wildman–Crippen LogP) is 2.84. The number of fused-ring (bicyclic) bond motifs is 1. The Morgan fingerprint density at radius 3 is 2.81 bits per heavy atom. The highest BCUT2D eigenvalue weighted by Crippen LogP contribution is 2.34. The topological polar surface area (TPSA) is 104 Å². The van der Waals surface area contributed by atoms with E-state index in [4.69, 9.17) is 14.7 Å². The summed E-state index contributed by atoms with van der Waals surface area (Å²) in [5, 5.41) is 11.5. The maximum Gasteiger partial charge on any atom is 0.283 e. The van der Waals surface area contributed by atoms with Crippen LogP contribution in [-0.4, -0.2) is 36.1 Å². The van der Waals surface area contributed by atoms with Gasteiger partial charge in [0.05, 0.1) is 17.5 Å². The number of aryl methyl sites for hydroxylation is 1. The molecule has 0 spiro atoms. The fraction of sp³-hybridized carbons (Fsp3) is 0.182. The van der Waals surface area contributed by atoms with Crippen LogP contribution in [0.4, 0.5) is 5.69 Å². The van der Waals surface area contributed by atoms with Gasteiger partial charge in [-0.3, -0.25) is 14.5 Å². The monoisotopic (exact) mass is 434 g/mol. The molecule has 2 aromatic carbocycles. The average Bonchev–Trinajstić information content (AvgIpc) is 3.35. The molecule has 0 aromatic heterocycles. The Morgan fingerprint density at radius 2 is 2.03 bits per heavy atom. The number of anilines is 1. The Labute approximate surface area is 183 Å². The number of aliphatic imine (C=N–C) groups is 1. The molecule has 0 radical (unpaired) electrons. The van der Waals surface area contributed by atoms with Gasteiger partial charge in [-0.2, -0.15) is 5.26 Å². The number of thioether (sulfide) groups is 1. The molecule has 0 bridgehead atoms. The zero-order valence-corrected chi connectivity index (χ0v) is 17.4. The number of ether oxygens (including phenoxy) is 2. The van der Waals surface area contributed by atoms with Gasteiger partial charge in [0.15, 0.2) is 16.7 Å². The molecular weight excluding hydrogens is 416 g/mol. The molecule has 156 valence electrons. The summed E-state index contributed by atoms with van der Waals surface area (Å²) in [6, 6.07) is 14.7. The number of nitrogens with zero attached hydrogens (tertiary/aromatic N) is 3. The van der Waals surface area contributed by atoms with Crippen molar-refractivity contribution < 1.29 is 19.1 Å². The summed E-state index contributed by atoms with van der Waals surface area (Å²) >= 11 is 1.14. The van der Waals surface area contributed by atoms with E-state index in [0.29, 0.717) is 22.4 Å². The predicted molar refractivity (Wildman–Crippen MR) is 118 cm³/mol. The molecule has 2 aromatic rings. The highest BCUT2D eigenvalue weighted by atomic mass is 32.2. The lowest BCUT2D eigenvalue weighted by molar-refractivity contribution is -0.118. The largest absolute Gasteiger partial charge is 0.454 e. The summed E-state index contributed by atoms with van der Waals surface area (Å²) in [6.07, 6.45) is 1.68. The van der Waals surface area contributed by atoms with Crippen LogP contribution in [0, 0.1) is 18.3 Å². The van der Waals surface area contributed by atoms with Crippen molar-refractivity contribution in [1.82, 2.24) is 5.32 Å². The first-order chi connectivity index (χ1) is 15.0. The lowest BCUT2D eigenvalue weighted by Gasteiger charge is -2.17. The van der Waals surface area contributed by atoms with Gasteiger partial charge in [-0.05, 0) is 42.8 Å². The maximum atomic E-state index is 13.2. The molecule has 0 aliphatic carbocycles. The first kappa shape index (κ1) is 20.5. The summed E-state index contributed by atoms with van der Waals surface area (Å²) in [7, 11) is 0. The number of hydrogen-bond acceptors (Lipinski definition) is 7. The van der Waals surface area contributed by atoms with Gasteiger partial charge in [-0.25, -0.2) is 4.99 Å². The van der Waals surface area contributed by atoms with E-state index in [1.807, 2.05) is 43.3 Å². The van der Waals surface area contributed by atoms with Crippen LogP contribution in [0.3, 0.4) is 0 Å². The van der Waals surface area contributed by atoms with Crippen LogP contribution in [0.2, 0.25) is 0 Å². The number of nitrogens with one attached hydrogen (secondary N) is 1. The molecular formula is C22H18N4O4S. The summed E-state index contributed by atoms with van der Waals surface area (Å²) in [5.41, 5.74) is 2.72. The molecule has 8 nitrogen and oxygen atoms in total. The van der Waals surface area contributed by atoms with Crippen molar-refractivity contribution in [2.45, 2.75) is 6.92 Å². The molecule has 9 heteroatoms. The Kier molecular flexibility index (Phi) is 5.91. The third-order valence-corrected chi connectivity index (χ3v) is 5.46. The van der Waals surface area contributed by atoms with Crippen LogP contribution in [0.15, 0.2) is 53.2 Å². The van der Waals surface area contributed by atoms with Crippen molar-refractivity contribution in [3.05, 3.63) is 59.3 Å². The number of carbonyl (C=O) groups excluding carboxylic acids is 2. The highest BCUT2D eigenvalue weighted by Gasteiger charge is 2.32. The summed E-state index contributed by atoms with van der Waals surface area (Å²) in [5.74, 6) is 0.709. The third kappa shape index (κ3) is 4.54. The van der Waals surface area contributed by atoms with E-state index in [0.717, 1.165) is 22.9 Å². The molecule has 4 rings (SSSR count). The normalized spacial score (nSPS) is 15.7. The summed E-state index contributed by atoms with van der Waals surface area (Å²) in [6.45, 7) is 2.06. The van der Waals surface area contributed by atoms with E-state index in [9.17, 15) is 9.59 Å². The van der Waals surface area contributed by atoms with Gasteiger partial charge in [-0.1, -0.05) is 35.5 Å². The standard InChI is InChI=1S/C22H18N4O4S/c1-14-2-5-16(6-3-14)26-21(28)17(25-22(26)31-12-20(27)24-9-8-23)10-15-4-7-18-19(11-15)30-13-29-18/h2-7,10-11H,9,12-13H2,1H3,(H,24,27)/b17-10-. The molecule has 0 unspecified atom stereocenters. The minimum Gasteiger partial charge on any atom is -0.454 e. The molecule has 2 heterocycles. The number of nitriles is 1. The van der Waals surface area contributed by atoms with E-state index < -0.39 is 0 Å². The lowest BCUT2D eigenvalue weighted by atomic mass is 10.1. The number of hydrogen-bond donors (Lipinski definition) is 1. The molecule has 0 atom stereocenters. The highest BCUT2D eigenvalue weighted by molar-refractivity contribution is 8.14. The SMILES string of the molecule is Cc1ccc(N2C(=O)/C(=C/c3ccc4c(c3)OCO4)N=C2SCC(=O)NCC#N)cc1. The van der Waals surface area contributed by atoms with Crippen molar-refractivity contribution in [3.63, 3.8) is 0 Å². The van der Waals surface area contributed by atoms with Crippen molar-refractivity contribution in [2.24, 2.45) is 4.99 Å². The maximum absolute atomic E-state index is 13.2. The number of carbonyl (C=O) groups is 2. The van der Waals surface area contributed by atoms with Gasteiger partial charge < -0.3 is 14.8 Å². The minimum atomic E-state index is -0.307. The van der Waals surface area contributed by atoms with Crippen molar-refractivity contribution in [2.75, 3.05) is 24.0 Å².